The molecular formula is C62H102O6. The lowest BCUT2D eigenvalue weighted by molar-refractivity contribution is -0.167. The Bertz CT molecular complexity index is 1410. The Balaban J connectivity index is 4.48. The molecule has 0 aromatic heterocycles. The molecule has 0 aromatic carbocycles. The number of allylic oxidation sites excluding steroid dienone is 18. The van der Waals surface area contributed by atoms with Crippen LogP contribution >= 0.6 is 0 Å². The zero-order chi connectivity index (χ0) is 49.3. The Morgan fingerprint density at radius 1 is 0.309 bits per heavy atom. The second-order valence-corrected chi connectivity index (χ2v) is 18.1. The minimum atomic E-state index is -0.804. The lowest BCUT2D eigenvalue weighted by atomic mass is 10.1. The van der Waals surface area contributed by atoms with Crippen LogP contribution in [0.3, 0.4) is 0 Å². The van der Waals surface area contributed by atoms with Crippen LogP contribution in [0.25, 0.3) is 0 Å². The largest absolute Gasteiger partial charge is 0.462 e. The number of ether oxygens (including phenoxy) is 3. The van der Waals surface area contributed by atoms with Gasteiger partial charge in [0.1, 0.15) is 13.2 Å². The van der Waals surface area contributed by atoms with Crippen molar-refractivity contribution < 1.29 is 28.6 Å². The van der Waals surface area contributed by atoms with Crippen molar-refractivity contribution in [1.29, 1.82) is 0 Å². The molecule has 6 nitrogen and oxygen atoms in total. The van der Waals surface area contributed by atoms with Crippen molar-refractivity contribution in [1.82, 2.24) is 0 Å². The number of hydrogen-bond donors (Lipinski definition) is 0. The first kappa shape index (κ1) is 64.1. The summed E-state index contributed by atoms with van der Waals surface area (Å²) < 4.78 is 16.8. The molecule has 6 heteroatoms. The summed E-state index contributed by atoms with van der Waals surface area (Å²) in [7, 11) is 0. The summed E-state index contributed by atoms with van der Waals surface area (Å²) in [5.74, 6) is -0.949. The molecule has 1 atom stereocenters. The van der Waals surface area contributed by atoms with Crippen LogP contribution in [0.4, 0.5) is 0 Å². The molecule has 0 aromatic rings. The summed E-state index contributed by atoms with van der Waals surface area (Å²) in [5, 5.41) is 0. The molecule has 0 N–H and O–H groups in total. The fraction of sp³-hybridized carbons (Fsp3) is 0.661. The molecule has 0 amide bonds. The van der Waals surface area contributed by atoms with Crippen molar-refractivity contribution in [3.8, 4) is 0 Å². The molecule has 0 fully saturated rings. The van der Waals surface area contributed by atoms with Crippen molar-refractivity contribution in [2.75, 3.05) is 13.2 Å². The zero-order valence-electron chi connectivity index (χ0n) is 44.1. The summed E-state index contributed by atoms with van der Waals surface area (Å²) in [4.78, 5) is 38.1. The maximum atomic E-state index is 12.8. The summed E-state index contributed by atoms with van der Waals surface area (Å²) in [6.45, 7) is 6.35. The fourth-order valence-electron chi connectivity index (χ4n) is 7.36. The number of carbonyl (C=O) groups excluding carboxylic acids is 3. The Hall–Kier alpha value is -3.93. The van der Waals surface area contributed by atoms with Crippen LogP contribution in [0.2, 0.25) is 0 Å². The normalized spacial score (nSPS) is 12.9. The minimum Gasteiger partial charge on any atom is -0.462 e. The molecule has 0 saturated heterocycles. The van der Waals surface area contributed by atoms with E-state index in [0.29, 0.717) is 19.3 Å². The number of unbranched alkanes of at least 4 members (excludes halogenated alkanes) is 20. The standard InChI is InChI=1S/C62H102O6/c1-4-7-10-13-16-19-22-25-28-30-32-34-37-40-43-46-49-52-55-61(64)67-58-59(57-66-60(63)54-51-48-45-42-39-36-33-27-24-21-18-15-12-9-6-3)68-62(65)56-53-50-47-44-41-38-35-31-29-26-23-20-17-14-11-8-5-2/h8-9,11-12,17-22,26-30,33,35,38,59H,4-7,10,13-16,23-25,31-32,34,36-37,39-58H2,1-3H3/b11-8-,12-9-,20-17-,21-18-,22-19-,29-26-,30-28-,33-27-,38-35-. The van der Waals surface area contributed by atoms with Crippen LogP contribution in [-0.2, 0) is 28.6 Å². The average Bonchev–Trinajstić information content (AvgIpc) is 3.34. The third-order valence-electron chi connectivity index (χ3n) is 11.5. The highest BCUT2D eigenvalue weighted by molar-refractivity contribution is 5.71. The predicted molar refractivity (Wildman–Crippen MR) is 293 cm³/mol. The first-order valence-corrected chi connectivity index (χ1v) is 27.9. The highest BCUT2D eigenvalue weighted by atomic mass is 16.6. The van der Waals surface area contributed by atoms with Crippen LogP contribution in [0, 0.1) is 0 Å². The van der Waals surface area contributed by atoms with Crippen LogP contribution in [0.5, 0.6) is 0 Å². The van der Waals surface area contributed by atoms with E-state index < -0.39 is 6.10 Å². The Labute approximate surface area is 419 Å². The van der Waals surface area contributed by atoms with Gasteiger partial charge in [-0.25, -0.2) is 0 Å². The fourth-order valence-corrected chi connectivity index (χ4v) is 7.36. The second kappa shape index (κ2) is 55.7. The Morgan fingerprint density at radius 2 is 0.574 bits per heavy atom. The maximum Gasteiger partial charge on any atom is 0.306 e. The molecule has 0 aliphatic heterocycles. The van der Waals surface area contributed by atoms with E-state index in [4.69, 9.17) is 14.2 Å². The summed E-state index contributed by atoms with van der Waals surface area (Å²) in [6.07, 6.45) is 75.0. The van der Waals surface area contributed by atoms with Gasteiger partial charge in [0.25, 0.3) is 0 Å². The number of esters is 3. The van der Waals surface area contributed by atoms with Crippen LogP contribution in [-0.4, -0.2) is 37.2 Å². The molecule has 0 aliphatic carbocycles. The molecule has 386 valence electrons. The molecule has 68 heavy (non-hydrogen) atoms. The molecule has 0 saturated carbocycles. The van der Waals surface area contributed by atoms with Gasteiger partial charge in [0.15, 0.2) is 6.10 Å². The summed E-state index contributed by atoms with van der Waals surface area (Å²) in [6, 6.07) is 0. The van der Waals surface area contributed by atoms with E-state index in [1.165, 1.54) is 57.8 Å². The van der Waals surface area contributed by atoms with E-state index in [1.807, 2.05) is 0 Å². The van der Waals surface area contributed by atoms with Crippen molar-refractivity contribution in [2.45, 2.75) is 252 Å². The lowest BCUT2D eigenvalue weighted by Gasteiger charge is -2.18. The molecule has 0 aliphatic rings. The Kier molecular flexibility index (Phi) is 52.4. The molecule has 0 bridgehead atoms. The number of carbonyl (C=O) groups is 3. The highest BCUT2D eigenvalue weighted by Gasteiger charge is 2.19. The molecule has 0 spiro atoms. The first-order valence-electron chi connectivity index (χ1n) is 27.9. The summed E-state index contributed by atoms with van der Waals surface area (Å²) >= 11 is 0. The Morgan fingerprint density at radius 3 is 0.897 bits per heavy atom. The van der Waals surface area contributed by atoms with Crippen molar-refractivity contribution in [3.63, 3.8) is 0 Å². The van der Waals surface area contributed by atoms with E-state index >= 15 is 0 Å². The smallest absolute Gasteiger partial charge is 0.306 e. The van der Waals surface area contributed by atoms with Crippen LogP contribution in [0.1, 0.15) is 245 Å². The SMILES string of the molecule is CC/C=C\C/C=C\C/C=C\C/C=C\CCCCCCC(=O)OC(COC(=O)CCCCCCC/C=C\C/C=C\C/C=C\CC)COC(=O)CCCCCCCCC/C=C\C/C=C\CCCCCC. The predicted octanol–water partition coefficient (Wildman–Crippen LogP) is 18.7. The van der Waals surface area contributed by atoms with Crippen molar-refractivity contribution in [3.05, 3.63) is 109 Å². The van der Waals surface area contributed by atoms with Crippen LogP contribution in [0.15, 0.2) is 109 Å². The quantitative estimate of drug-likeness (QED) is 0.0262. The third-order valence-corrected chi connectivity index (χ3v) is 11.5. The third kappa shape index (κ3) is 53.0. The molecule has 0 heterocycles. The van der Waals surface area contributed by atoms with Gasteiger partial charge in [0.2, 0.25) is 0 Å². The van der Waals surface area contributed by atoms with E-state index in [2.05, 4.69) is 130 Å². The average molecular weight is 943 g/mol. The van der Waals surface area contributed by atoms with E-state index in [0.717, 1.165) is 148 Å². The van der Waals surface area contributed by atoms with E-state index in [9.17, 15) is 14.4 Å². The molecule has 1 unspecified atom stereocenters. The van der Waals surface area contributed by atoms with Gasteiger partial charge >= 0.3 is 17.9 Å². The van der Waals surface area contributed by atoms with Gasteiger partial charge in [0.05, 0.1) is 0 Å². The minimum absolute atomic E-state index is 0.0997. The molecular weight excluding hydrogens is 841 g/mol. The monoisotopic (exact) mass is 943 g/mol. The van der Waals surface area contributed by atoms with Gasteiger partial charge in [-0.05, 0) is 122 Å². The highest BCUT2D eigenvalue weighted by Crippen LogP contribution is 2.14. The number of rotatable bonds is 49. The second-order valence-electron chi connectivity index (χ2n) is 18.1. The molecule has 0 rings (SSSR count). The van der Waals surface area contributed by atoms with Gasteiger partial charge in [-0.1, -0.05) is 214 Å². The zero-order valence-corrected chi connectivity index (χ0v) is 44.1. The van der Waals surface area contributed by atoms with Gasteiger partial charge in [0, 0.05) is 19.3 Å². The number of hydrogen-bond acceptors (Lipinski definition) is 6. The molecule has 0 radical (unpaired) electrons. The van der Waals surface area contributed by atoms with Gasteiger partial charge in [-0.15, -0.1) is 0 Å². The van der Waals surface area contributed by atoms with Crippen molar-refractivity contribution >= 4 is 17.9 Å². The van der Waals surface area contributed by atoms with Gasteiger partial charge in [-0.2, -0.15) is 0 Å². The van der Waals surface area contributed by atoms with E-state index in [-0.39, 0.29) is 31.1 Å². The summed E-state index contributed by atoms with van der Waals surface area (Å²) in [5.41, 5.74) is 0. The topological polar surface area (TPSA) is 78.9 Å². The van der Waals surface area contributed by atoms with Crippen LogP contribution < -0.4 is 0 Å². The van der Waals surface area contributed by atoms with E-state index in [1.54, 1.807) is 0 Å². The first-order chi connectivity index (χ1) is 33.5. The van der Waals surface area contributed by atoms with Gasteiger partial charge < -0.3 is 14.2 Å². The lowest BCUT2D eigenvalue weighted by Crippen LogP contribution is -2.30. The van der Waals surface area contributed by atoms with Crippen molar-refractivity contribution in [2.24, 2.45) is 0 Å². The maximum absolute atomic E-state index is 12.8. The van der Waals surface area contributed by atoms with Gasteiger partial charge in [-0.3, -0.25) is 14.4 Å².